The lowest BCUT2D eigenvalue weighted by molar-refractivity contribution is -0.138. The molecule has 0 aliphatic rings. The maximum Gasteiger partial charge on any atom is 0.416 e. The van der Waals surface area contributed by atoms with E-state index in [1.165, 1.54) is 23.5 Å². The van der Waals surface area contributed by atoms with Gasteiger partial charge in [0.1, 0.15) is 5.01 Å². The summed E-state index contributed by atoms with van der Waals surface area (Å²) in [5, 5.41) is 12.8. The summed E-state index contributed by atoms with van der Waals surface area (Å²) in [6, 6.07) is 10.8. The number of rotatable bonds is 7. The molecule has 1 aromatic heterocycles. The molecule has 158 valence electrons. The standard InChI is InChI=1S/C22H21F3N2O2S/c1-13-11-18(9-5-15(13)6-10-20(28)29)26-12-19-14(2)27-21(30-19)16-3-7-17(8-4-16)22(23,24)25/h3-5,7-9,11,26H,6,10,12H2,1-2H3,(H,28,29). The molecule has 30 heavy (non-hydrogen) atoms. The summed E-state index contributed by atoms with van der Waals surface area (Å²) in [5.41, 5.74) is 3.74. The van der Waals surface area contributed by atoms with Crippen LogP contribution in [0.3, 0.4) is 0 Å². The van der Waals surface area contributed by atoms with Gasteiger partial charge < -0.3 is 10.4 Å². The van der Waals surface area contributed by atoms with Gasteiger partial charge >= 0.3 is 12.1 Å². The van der Waals surface area contributed by atoms with Gasteiger partial charge in [-0.05, 0) is 55.7 Å². The molecule has 0 fully saturated rings. The van der Waals surface area contributed by atoms with Crippen LogP contribution in [-0.2, 0) is 23.9 Å². The van der Waals surface area contributed by atoms with E-state index in [9.17, 15) is 18.0 Å². The zero-order chi connectivity index (χ0) is 21.9. The number of thiazole rings is 1. The summed E-state index contributed by atoms with van der Waals surface area (Å²) in [7, 11) is 0. The van der Waals surface area contributed by atoms with E-state index < -0.39 is 17.7 Å². The maximum atomic E-state index is 12.7. The Morgan fingerprint density at radius 1 is 1.13 bits per heavy atom. The van der Waals surface area contributed by atoms with Crippen LogP contribution in [0.2, 0.25) is 0 Å². The molecular weight excluding hydrogens is 413 g/mol. The summed E-state index contributed by atoms with van der Waals surface area (Å²) in [4.78, 5) is 16.2. The number of carboxylic acids is 1. The molecule has 4 nitrogen and oxygen atoms in total. The van der Waals surface area contributed by atoms with Crippen molar-refractivity contribution in [1.29, 1.82) is 0 Å². The third-order valence-electron chi connectivity index (χ3n) is 4.76. The number of carbonyl (C=O) groups is 1. The topological polar surface area (TPSA) is 62.2 Å². The van der Waals surface area contributed by atoms with E-state index in [1.807, 2.05) is 32.0 Å². The number of nitrogens with zero attached hydrogens (tertiary/aromatic N) is 1. The quantitative estimate of drug-likeness (QED) is 0.473. The molecule has 0 radical (unpaired) electrons. The van der Waals surface area contributed by atoms with Crippen molar-refractivity contribution in [3.8, 4) is 10.6 Å². The summed E-state index contributed by atoms with van der Waals surface area (Å²) >= 11 is 1.44. The molecule has 2 aromatic carbocycles. The van der Waals surface area contributed by atoms with Gasteiger partial charge in [-0.1, -0.05) is 18.2 Å². The number of hydrogen-bond acceptors (Lipinski definition) is 4. The smallest absolute Gasteiger partial charge is 0.416 e. The fraction of sp³-hybridized carbons (Fsp3) is 0.273. The molecule has 8 heteroatoms. The normalized spacial score (nSPS) is 11.5. The lowest BCUT2D eigenvalue weighted by atomic mass is 10.0. The van der Waals surface area contributed by atoms with Crippen molar-refractivity contribution in [1.82, 2.24) is 4.98 Å². The first-order valence-electron chi connectivity index (χ1n) is 9.32. The van der Waals surface area contributed by atoms with Gasteiger partial charge in [0.15, 0.2) is 0 Å². The molecule has 0 saturated heterocycles. The summed E-state index contributed by atoms with van der Waals surface area (Å²) in [5.74, 6) is -0.818. The first-order chi connectivity index (χ1) is 14.1. The molecule has 0 unspecified atom stereocenters. The molecule has 0 atom stereocenters. The second-order valence-corrected chi connectivity index (χ2v) is 8.07. The van der Waals surface area contributed by atoms with Crippen LogP contribution in [0.5, 0.6) is 0 Å². The Balaban J connectivity index is 1.68. The molecule has 1 heterocycles. The first-order valence-corrected chi connectivity index (χ1v) is 10.1. The number of benzene rings is 2. The number of alkyl halides is 3. The average Bonchev–Trinajstić information content (AvgIpc) is 3.05. The monoisotopic (exact) mass is 434 g/mol. The molecule has 0 aliphatic carbocycles. The number of halogens is 3. The van der Waals surface area contributed by atoms with Crippen molar-refractivity contribution in [2.45, 2.75) is 39.4 Å². The van der Waals surface area contributed by atoms with Gasteiger partial charge in [-0.15, -0.1) is 11.3 Å². The van der Waals surface area contributed by atoms with Crippen LogP contribution < -0.4 is 5.32 Å². The van der Waals surface area contributed by atoms with E-state index in [0.29, 0.717) is 23.5 Å². The highest BCUT2D eigenvalue weighted by molar-refractivity contribution is 7.15. The molecule has 2 N–H and O–H groups in total. The van der Waals surface area contributed by atoms with Crippen molar-refractivity contribution < 1.29 is 23.1 Å². The van der Waals surface area contributed by atoms with Crippen LogP contribution in [0.15, 0.2) is 42.5 Å². The van der Waals surface area contributed by atoms with Crippen LogP contribution in [0.25, 0.3) is 10.6 Å². The predicted molar refractivity (Wildman–Crippen MR) is 112 cm³/mol. The second-order valence-electron chi connectivity index (χ2n) is 6.99. The Labute approximate surface area is 176 Å². The highest BCUT2D eigenvalue weighted by atomic mass is 32.1. The van der Waals surface area contributed by atoms with Crippen LogP contribution in [0.1, 0.15) is 33.7 Å². The summed E-state index contributed by atoms with van der Waals surface area (Å²) in [6.07, 6.45) is -3.76. The minimum Gasteiger partial charge on any atom is -0.481 e. The predicted octanol–water partition coefficient (Wildman–Crippen LogP) is 6.08. The SMILES string of the molecule is Cc1cc(NCc2sc(-c3ccc(C(F)(F)F)cc3)nc2C)ccc1CCC(=O)O. The second kappa shape index (κ2) is 8.87. The van der Waals surface area contributed by atoms with E-state index in [2.05, 4.69) is 10.3 Å². The third kappa shape index (κ3) is 5.38. The lowest BCUT2D eigenvalue weighted by Gasteiger charge is -2.10. The van der Waals surface area contributed by atoms with Gasteiger partial charge in [0.25, 0.3) is 0 Å². The van der Waals surface area contributed by atoms with Gasteiger partial charge in [0.2, 0.25) is 0 Å². The minimum atomic E-state index is -4.35. The number of aromatic nitrogens is 1. The number of nitrogens with one attached hydrogen (secondary N) is 1. The Kier molecular flexibility index (Phi) is 6.45. The van der Waals surface area contributed by atoms with Gasteiger partial charge in [-0.3, -0.25) is 4.79 Å². The number of anilines is 1. The molecule has 0 bridgehead atoms. The van der Waals surface area contributed by atoms with Crippen LogP contribution >= 0.6 is 11.3 Å². The maximum absolute atomic E-state index is 12.7. The van der Waals surface area contributed by atoms with Crippen molar-refractivity contribution in [3.05, 3.63) is 69.7 Å². The van der Waals surface area contributed by atoms with E-state index in [0.717, 1.165) is 39.5 Å². The van der Waals surface area contributed by atoms with Gasteiger partial charge in [-0.2, -0.15) is 13.2 Å². The number of carboxylic acid groups (broad SMARTS) is 1. The molecule has 0 aliphatic heterocycles. The summed E-state index contributed by atoms with van der Waals surface area (Å²) in [6.45, 7) is 4.36. The molecular formula is C22H21F3N2O2S. The largest absolute Gasteiger partial charge is 0.481 e. The fourth-order valence-corrected chi connectivity index (χ4v) is 4.04. The van der Waals surface area contributed by atoms with Crippen molar-refractivity contribution in [2.24, 2.45) is 0 Å². The van der Waals surface area contributed by atoms with Crippen LogP contribution in [-0.4, -0.2) is 16.1 Å². The Bertz CT molecular complexity index is 1040. The average molecular weight is 434 g/mol. The van der Waals surface area contributed by atoms with Crippen molar-refractivity contribution in [3.63, 3.8) is 0 Å². The Hall–Kier alpha value is -2.87. The number of aliphatic carboxylic acids is 1. The van der Waals surface area contributed by atoms with Gasteiger partial charge in [0, 0.05) is 22.5 Å². The van der Waals surface area contributed by atoms with Crippen molar-refractivity contribution >= 4 is 23.0 Å². The lowest BCUT2D eigenvalue weighted by Crippen LogP contribution is -2.03. The minimum absolute atomic E-state index is 0.0976. The number of hydrogen-bond donors (Lipinski definition) is 2. The van der Waals surface area contributed by atoms with E-state index in [1.54, 1.807) is 0 Å². The van der Waals surface area contributed by atoms with E-state index in [4.69, 9.17) is 5.11 Å². The van der Waals surface area contributed by atoms with Crippen LogP contribution in [0, 0.1) is 13.8 Å². The summed E-state index contributed by atoms with van der Waals surface area (Å²) < 4.78 is 38.2. The van der Waals surface area contributed by atoms with Crippen LogP contribution in [0.4, 0.5) is 18.9 Å². The fourth-order valence-electron chi connectivity index (χ4n) is 3.03. The van der Waals surface area contributed by atoms with Gasteiger partial charge in [-0.25, -0.2) is 4.98 Å². The number of aryl methyl sites for hydroxylation is 3. The molecule has 3 rings (SSSR count). The molecule has 0 amide bonds. The van der Waals surface area contributed by atoms with Gasteiger partial charge in [0.05, 0.1) is 17.8 Å². The highest BCUT2D eigenvalue weighted by Gasteiger charge is 2.30. The molecule has 0 saturated carbocycles. The molecule has 0 spiro atoms. The first kappa shape index (κ1) is 21.8. The van der Waals surface area contributed by atoms with E-state index in [-0.39, 0.29) is 6.42 Å². The highest BCUT2D eigenvalue weighted by Crippen LogP contribution is 2.33. The third-order valence-corrected chi connectivity index (χ3v) is 5.96. The zero-order valence-electron chi connectivity index (χ0n) is 16.5. The van der Waals surface area contributed by atoms with E-state index >= 15 is 0 Å². The van der Waals surface area contributed by atoms with Crippen molar-refractivity contribution in [2.75, 3.05) is 5.32 Å². The zero-order valence-corrected chi connectivity index (χ0v) is 17.3. The molecule has 3 aromatic rings. The Morgan fingerprint density at radius 3 is 2.43 bits per heavy atom. The Morgan fingerprint density at radius 2 is 1.83 bits per heavy atom.